The molecule has 212 valence electrons. The number of aromatic amines is 1. The first kappa shape index (κ1) is 26.8. The lowest BCUT2D eigenvalue weighted by molar-refractivity contribution is 0.0739. The van der Waals surface area contributed by atoms with Crippen LogP contribution in [0.25, 0.3) is 0 Å². The fourth-order valence-electron chi connectivity index (χ4n) is 5.29. The molecule has 0 saturated carbocycles. The minimum absolute atomic E-state index is 0.172. The van der Waals surface area contributed by atoms with E-state index >= 15 is 0 Å². The van der Waals surface area contributed by atoms with Gasteiger partial charge in [-0.25, -0.2) is 20.1 Å². The molecule has 3 aromatic heterocycles. The van der Waals surface area contributed by atoms with Crippen molar-refractivity contribution >= 4 is 17.5 Å². The first-order chi connectivity index (χ1) is 20.4. The number of anilines is 2. The number of rotatable bonds is 6. The van der Waals surface area contributed by atoms with Gasteiger partial charge in [-0.1, -0.05) is 24.3 Å². The molecule has 0 aliphatic carbocycles. The Bertz CT molecular complexity index is 1730. The smallest absolute Gasteiger partial charge is 0.269 e. The van der Waals surface area contributed by atoms with Gasteiger partial charge in [-0.05, 0) is 24.1 Å². The van der Waals surface area contributed by atoms with E-state index in [0.29, 0.717) is 55.5 Å². The standard InChI is InChI=1S/C29H26FN9O3/c1-18-24(15-35-36-27(18)40)39-16-20-4-2-3-5-22(20)25(39)17-42-21-10-23(26(30)32-14-21)28(41)37-6-8-38(9-7-37)29-33-12-19(11-31)13-34-29/h2-5,10,12-15,25H,6-9,16-17H2,1H3,(H,36,40). The van der Waals surface area contributed by atoms with Gasteiger partial charge in [-0.2, -0.15) is 14.8 Å². The average molecular weight is 568 g/mol. The number of piperazine rings is 1. The third-order valence-corrected chi connectivity index (χ3v) is 7.59. The van der Waals surface area contributed by atoms with Crippen LogP contribution in [0, 0.1) is 24.2 Å². The first-order valence-corrected chi connectivity index (χ1v) is 13.4. The molecular weight excluding hydrogens is 541 g/mol. The number of H-pyrrole nitrogens is 1. The number of halogens is 1. The highest BCUT2D eigenvalue weighted by Gasteiger charge is 2.33. The van der Waals surface area contributed by atoms with E-state index in [1.807, 2.05) is 35.2 Å². The lowest BCUT2D eigenvalue weighted by Crippen LogP contribution is -2.49. The van der Waals surface area contributed by atoms with Gasteiger partial charge in [0, 0.05) is 38.3 Å². The quantitative estimate of drug-likeness (QED) is 0.345. The molecule has 12 nitrogen and oxygen atoms in total. The Labute approximate surface area is 240 Å². The minimum Gasteiger partial charge on any atom is -0.489 e. The predicted molar refractivity (Wildman–Crippen MR) is 150 cm³/mol. The highest BCUT2D eigenvalue weighted by Crippen LogP contribution is 2.38. The second-order valence-corrected chi connectivity index (χ2v) is 10.0. The topological polar surface area (TPSA) is 144 Å². The van der Waals surface area contributed by atoms with Crippen molar-refractivity contribution in [3.63, 3.8) is 0 Å². The van der Waals surface area contributed by atoms with Gasteiger partial charge >= 0.3 is 0 Å². The number of nitrogens with one attached hydrogen (secondary N) is 1. The van der Waals surface area contributed by atoms with Crippen LogP contribution in [0.1, 0.15) is 38.7 Å². The molecule has 1 unspecified atom stereocenters. The monoisotopic (exact) mass is 567 g/mol. The van der Waals surface area contributed by atoms with E-state index in [2.05, 4.69) is 30.0 Å². The highest BCUT2D eigenvalue weighted by atomic mass is 19.1. The molecule has 2 aliphatic rings. The summed E-state index contributed by atoms with van der Waals surface area (Å²) in [6, 6.07) is 11.1. The van der Waals surface area contributed by atoms with Gasteiger partial charge in [-0.15, -0.1) is 0 Å². The minimum atomic E-state index is -0.872. The Hall–Kier alpha value is -5.38. The number of aromatic nitrogens is 5. The number of nitrogens with zero attached hydrogens (tertiary/aromatic N) is 8. The van der Waals surface area contributed by atoms with Crippen LogP contribution < -0.4 is 20.1 Å². The molecule has 1 saturated heterocycles. The third-order valence-electron chi connectivity index (χ3n) is 7.59. The largest absolute Gasteiger partial charge is 0.489 e. The normalized spacial score (nSPS) is 16.2. The number of carbonyl (C=O) groups is 1. The predicted octanol–water partition coefficient (Wildman–Crippen LogP) is 2.38. The number of pyridine rings is 1. The maximum atomic E-state index is 14.8. The number of fused-ring (bicyclic) bond motifs is 1. The Balaban J connectivity index is 1.16. The summed E-state index contributed by atoms with van der Waals surface area (Å²) in [6.45, 7) is 4.07. The molecule has 1 atom stereocenters. The summed E-state index contributed by atoms with van der Waals surface area (Å²) in [5.74, 6) is -0.625. The fourth-order valence-corrected chi connectivity index (χ4v) is 5.29. The van der Waals surface area contributed by atoms with Crippen molar-refractivity contribution in [2.24, 2.45) is 0 Å². The Morgan fingerprint density at radius 3 is 2.64 bits per heavy atom. The molecule has 0 radical (unpaired) electrons. The zero-order chi connectivity index (χ0) is 29.2. The molecule has 13 heteroatoms. The highest BCUT2D eigenvalue weighted by molar-refractivity contribution is 5.94. The summed E-state index contributed by atoms with van der Waals surface area (Å²) in [5, 5.41) is 15.4. The van der Waals surface area contributed by atoms with E-state index in [1.54, 1.807) is 18.0 Å². The maximum Gasteiger partial charge on any atom is 0.269 e. The number of benzene rings is 1. The number of nitriles is 1. The Morgan fingerprint density at radius 2 is 1.88 bits per heavy atom. The molecular formula is C29H26FN9O3. The molecule has 5 heterocycles. The number of carbonyl (C=O) groups excluding carboxylic acids is 1. The van der Waals surface area contributed by atoms with Gasteiger partial charge in [-0.3, -0.25) is 9.59 Å². The molecule has 4 aromatic rings. The SMILES string of the molecule is Cc1c(N2Cc3ccccc3C2COc2cnc(F)c(C(=O)N3CCN(c4ncc(C#N)cn4)CC3)c2)cn[nH]c1=O. The summed E-state index contributed by atoms with van der Waals surface area (Å²) in [5.41, 5.74) is 3.32. The molecule has 2 aliphatic heterocycles. The van der Waals surface area contributed by atoms with Crippen molar-refractivity contribution in [2.45, 2.75) is 19.5 Å². The number of hydrogen-bond donors (Lipinski definition) is 1. The lowest BCUT2D eigenvalue weighted by atomic mass is 10.1. The van der Waals surface area contributed by atoms with Gasteiger partial charge in [0.2, 0.25) is 11.9 Å². The van der Waals surface area contributed by atoms with E-state index in [1.165, 1.54) is 24.7 Å². The van der Waals surface area contributed by atoms with Crippen LogP contribution in [0.15, 0.2) is 59.9 Å². The number of amides is 1. The Kier molecular flexibility index (Phi) is 7.18. The van der Waals surface area contributed by atoms with Crippen LogP contribution >= 0.6 is 0 Å². The van der Waals surface area contributed by atoms with Crippen molar-refractivity contribution in [3.05, 3.63) is 99.2 Å². The van der Waals surface area contributed by atoms with Gasteiger partial charge in [0.05, 0.1) is 47.6 Å². The van der Waals surface area contributed by atoms with Crippen LogP contribution in [0.5, 0.6) is 5.75 Å². The van der Waals surface area contributed by atoms with Crippen molar-refractivity contribution in [2.75, 3.05) is 42.6 Å². The van der Waals surface area contributed by atoms with Gasteiger partial charge in [0.1, 0.15) is 18.4 Å². The van der Waals surface area contributed by atoms with Crippen LogP contribution in [0.2, 0.25) is 0 Å². The van der Waals surface area contributed by atoms with E-state index in [0.717, 1.165) is 11.1 Å². The van der Waals surface area contributed by atoms with Crippen molar-refractivity contribution < 1.29 is 13.9 Å². The second kappa shape index (κ2) is 11.2. The first-order valence-electron chi connectivity index (χ1n) is 13.4. The number of hydrogen-bond acceptors (Lipinski definition) is 10. The second-order valence-electron chi connectivity index (χ2n) is 10.0. The van der Waals surface area contributed by atoms with Gasteiger partial charge < -0.3 is 19.4 Å². The van der Waals surface area contributed by atoms with E-state index < -0.39 is 11.9 Å². The Morgan fingerprint density at radius 1 is 1.12 bits per heavy atom. The van der Waals surface area contributed by atoms with Crippen LogP contribution in [0.3, 0.4) is 0 Å². The molecule has 0 spiro atoms. The maximum absolute atomic E-state index is 14.8. The molecule has 1 fully saturated rings. The molecule has 0 bridgehead atoms. The van der Waals surface area contributed by atoms with Crippen molar-refractivity contribution in [3.8, 4) is 11.8 Å². The average Bonchev–Trinajstić information content (AvgIpc) is 3.40. The van der Waals surface area contributed by atoms with E-state index in [9.17, 15) is 14.0 Å². The molecule has 6 rings (SSSR count). The zero-order valence-electron chi connectivity index (χ0n) is 22.7. The lowest BCUT2D eigenvalue weighted by Gasteiger charge is -2.34. The van der Waals surface area contributed by atoms with Crippen LogP contribution in [-0.4, -0.2) is 68.7 Å². The molecule has 1 N–H and O–H groups in total. The van der Waals surface area contributed by atoms with Gasteiger partial charge in [0.25, 0.3) is 11.5 Å². The van der Waals surface area contributed by atoms with E-state index in [4.69, 9.17) is 10.00 Å². The van der Waals surface area contributed by atoms with Crippen molar-refractivity contribution in [1.82, 2.24) is 30.0 Å². The third kappa shape index (κ3) is 5.10. The molecule has 1 aromatic carbocycles. The van der Waals surface area contributed by atoms with E-state index in [-0.39, 0.29) is 29.5 Å². The molecule has 1 amide bonds. The zero-order valence-corrected chi connectivity index (χ0v) is 22.7. The van der Waals surface area contributed by atoms with Crippen LogP contribution in [-0.2, 0) is 6.54 Å². The summed E-state index contributed by atoms with van der Waals surface area (Å²) >= 11 is 0. The summed E-state index contributed by atoms with van der Waals surface area (Å²) < 4.78 is 20.9. The fraction of sp³-hybridized carbons (Fsp3) is 0.276. The summed E-state index contributed by atoms with van der Waals surface area (Å²) in [7, 11) is 0. The van der Waals surface area contributed by atoms with Gasteiger partial charge in [0.15, 0.2) is 0 Å². The summed E-state index contributed by atoms with van der Waals surface area (Å²) in [6.07, 6.45) is 5.79. The summed E-state index contributed by atoms with van der Waals surface area (Å²) in [4.78, 5) is 43.3. The van der Waals surface area contributed by atoms with Crippen LogP contribution in [0.4, 0.5) is 16.0 Å². The van der Waals surface area contributed by atoms with Crippen molar-refractivity contribution in [1.29, 1.82) is 5.26 Å². The number of ether oxygens (including phenoxy) is 1. The molecule has 42 heavy (non-hydrogen) atoms.